The zero-order valence-electron chi connectivity index (χ0n) is 9.52. The van der Waals surface area contributed by atoms with Crippen LogP contribution in [0, 0.1) is 0 Å². The number of carbonyl (C=O) groups excluding carboxylic acids is 1. The zero-order valence-corrected chi connectivity index (χ0v) is 9.52. The number of nitrogens with one attached hydrogen (secondary N) is 1. The predicted octanol–water partition coefficient (Wildman–Crippen LogP) is -0.465. The first-order valence-corrected chi connectivity index (χ1v) is 5.78. The van der Waals surface area contributed by atoms with Gasteiger partial charge in [-0.15, -0.1) is 0 Å². The molecule has 0 aromatic heterocycles. The summed E-state index contributed by atoms with van der Waals surface area (Å²) in [6.45, 7) is 1.97. The molecule has 1 heterocycles. The molecule has 0 amide bonds. The van der Waals surface area contributed by atoms with E-state index in [4.69, 9.17) is 10.9 Å². The minimum absolute atomic E-state index is 0.240. The lowest BCUT2D eigenvalue weighted by Gasteiger charge is -2.23. The van der Waals surface area contributed by atoms with Gasteiger partial charge in [0.25, 0.3) is 0 Å². The van der Waals surface area contributed by atoms with Crippen LogP contribution in [0.3, 0.4) is 0 Å². The fraction of sp³-hybridized carbons (Fsp3) is 0.900. The van der Waals surface area contributed by atoms with Gasteiger partial charge in [0.1, 0.15) is 0 Å². The fourth-order valence-electron chi connectivity index (χ4n) is 2.19. The molecule has 1 saturated heterocycles. The van der Waals surface area contributed by atoms with Gasteiger partial charge in [0, 0.05) is 19.2 Å². The SMILES string of the molecule is NNOC(=O)CCN1CCCC1CCCO. The Labute approximate surface area is 95.7 Å². The maximum Gasteiger partial charge on any atom is 0.327 e. The molecule has 1 aliphatic heterocycles. The highest BCUT2D eigenvalue weighted by molar-refractivity contribution is 5.69. The van der Waals surface area contributed by atoms with E-state index in [1.165, 1.54) is 6.42 Å². The van der Waals surface area contributed by atoms with Gasteiger partial charge in [-0.25, -0.2) is 5.84 Å². The van der Waals surface area contributed by atoms with Gasteiger partial charge in [0.2, 0.25) is 0 Å². The van der Waals surface area contributed by atoms with Gasteiger partial charge in [-0.1, -0.05) is 5.59 Å². The van der Waals surface area contributed by atoms with Gasteiger partial charge < -0.3 is 9.94 Å². The Morgan fingerprint density at radius 2 is 2.44 bits per heavy atom. The van der Waals surface area contributed by atoms with Crippen LogP contribution in [0.5, 0.6) is 0 Å². The number of aliphatic hydroxyl groups is 1. The number of nitrogens with two attached hydrogens (primary N) is 1. The Hall–Kier alpha value is -0.690. The van der Waals surface area contributed by atoms with Crippen LogP contribution < -0.4 is 11.4 Å². The number of nitrogens with zero attached hydrogens (tertiary/aromatic N) is 1. The van der Waals surface area contributed by atoms with Crippen molar-refractivity contribution in [1.29, 1.82) is 0 Å². The van der Waals surface area contributed by atoms with Crippen LogP contribution in [-0.2, 0) is 9.63 Å². The topological polar surface area (TPSA) is 87.8 Å². The van der Waals surface area contributed by atoms with Gasteiger partial charge in [-0.3, -0.25) is 9.69 Å². The Bertz CT molecular complexity index is 213. The van der Waals surface area contributed by atoms with Crippen LogP contribution in [0.4, 0.5) is 0 Å². The smallest absolute Gasteiger partial charge is 0.327 e. The summed E-state index contributed by atoms with van der Waals surface area (Å²) in [6.07, 6.45) is 4.50. The summed E-state index contributed by atoms with van der Waals surface area (Å²) in [6, 6.07) is 0.505. The minimum atomic E-state index is -0.338. The lowest BCUT2D eigenvalue weighted by atomic mass is 10.1. The van der Waals surface area contributed by atoms with Gasteiger partial charge in [0.15, 0.2) is 0 Å². The van der Waals surface area contributed by atoms with Crippen LogP contribution in [0.15, 0.2) is 0 Å². The molecule has 1 fully saturated rings. The molecule has 0 radical (unpaired) electrons. The van der Waals surface area contributed by atoms with Gasteiger partial charge >= 0.3 is 5.97 Å². The molecule has 1 aliphatic rings. The highest BCUT2D eigenvalue weighted by Gasteiger charge is 2.24. The van der Waals surface area contributed by atoms with Crippen LogP contribution in [0.1, 0.15) is 32.1 Å². The van der Waals surface area contributed by atoms with Crippen LogP contribution in [0.25, 0.3) is 0 Å². The lowest BCUT2D eigenvalue weighted by molar-refractivity contribution is -0.151. The van der Waals surface area contributed by atoms with Gasteiger partial charge in [-0.2, -0.15) is 0 Å². The summed E-state index contributed by atoms with van der Waals surface area (Å²) in [4.78, 5) is 17.8. The van der Waals surface area contributed by atoms with Crippen LogP contribution >= 0.6 is 0 Å². The van der Waals surface area contributed by atoms with Gasteiger partial charge in [-0.05, 0) is 32.2 Å². The number of aliphatic hydroxyl groups excluding tert-OH is 1. The van der Waals surface area contributed by atoms with E-state index in [2.05, 4.69) is 9.74 Å². The van der Waals surface area contributed by atoms with Crippen molar-refractivity contribution in [3.05, 3.63) is 0 Å². The van der Waals surface area contributed by atoms with E-state index in [9.17, 15) is 4.79 Å². The first-order valence-electron chi connectivity index (χ1n) is 5.78. The van der Waals surface area contributed by atoms with E-state index >= 15 is 0 Å². The normalized spacial score (nSPS) is 21.2. The maximum absolute atomic E-state index is 11.1. The fourth-order valence-corrected chi connectivity index (χ4v) is 2.19. The first kappa shape index (κ1) is 13.4. The second-order valence-electron chi connectivity index (χ2n) is 4.04. The molecule has 4 N–H and O–H groups in total. The molecular formula is C10H21N3O3. The molecule has 0 spiro atoms. The van der Waals surface area contributed by atoms with Crippen molar-refractivity contribution in [2.24, 2.45) is 5.84 Å². The van der Waals surface area contributed by atoms with Gasteiger partial charge in [0.05, 0.1) is 6.42 Å². The summed E-state index contributed by atoms with van der Waals surface area (Å²) < 4.78 is 0. The molecule has 6 heteroatoms. The molecule has 0 aliphatic carbocycles. The molecule has 6 nitrogen and oxygen atoms in total. The van der Waals surface area contributed by atoms with E-state index in [0.29, 0.717) is 19.0 Å². The summed E-state index contributed by atoms with van der Waals surface area (Å²) in [5, 5.41) is 8.79. The second-order valence-corrected chi connectivity index (χ2v) is 4.04. The quantitative estimate of drug-likeness (QED) is 0.406. The van der Waals surface area contributed by atoms with E-state index in [1.54, 1.807) is 0 Å². The highest BCUT2D eigenvalue weighted by Crippen LogP contribution is 2.21. The number of hydrazine groups is 1. The number of hydrogen-bond acceptors (Lipinski definition) is 6. The second kappa shape index (κ2) is 7.56. The standard InChI is InChI=1S/C10H21N3O3/c11-12-16-10(15)5-7-13-6-1-3-9(13)4-2-8-14/h9,12,14H,1-8,11H2. The van der Waals surface area contributed by atoms with Crippen LogP contribution in [-0.4, -0.2) is 41.7 Å². The number of hydrogen-bond donors (Lipinski definition) is 3. The van der Waals surface area contributed by atoms with Crippen molar-refractivity contribution < 1.29 is 14.7 Å². The third-order valence-corrected chi connectivity index (χ3v) is 2.97. The molecule has 1 rings (SSSR count). The highest BCUT2D eigenvalue weighted by atomic mass is 16.7. The van der Waals surface area contributed by atoms with Crippen LogP contribution in [0.2, 0.25) is 0 Å². The van der Waals surface area contributed by atoms with Crippen molar-refractivity contribution in [1.82, 2.24) is 10.5 Å². The van der Waals surface area contributed by atoms with E-state index in [-0.39, 0.29) is 12.6 Å². The molecule has 1 atom stereocenters. The molecule has 0 saturated carbocycles. The lowest BCUT2D eigenvalue weighted by Crippen LogP contribution is -2.33. The van der Waals surface area contributed by atoms with Crippen molar-refractivity contribution in [3.63, 3.8) is 0 Å². The first-order chi connectivity index (χ1) is 7.77. The largest absolute Gasteiger partial charge is 0.396 e. The molecular weight excluding hydrogens is 210 g/mol. The Kier molecular flexibility index (Phi) is 6.32. The summed E-state index contributed by atoms with van der Waals surface area (Å²) >= 11 is 0. The summed E-state index contributed by atoms with van der Waals surface area (Å²) in [5.74, 6) is 4.53. The summed E-state index contributed by atoms with van der Waals surface area (Å²) in [5.41, 5.74) is 1.89. The Morgan fingerprint density at radius 3 is 3.12 bits per heavy atom. The predicted molar refractivity (Wildman–Crippen MR) is 58.9 cm³/mol. The molecule has 16 heavy (non-hydrogen) atoms. The molecule has 1 unspecified atom stereocenters. The Morgan fingerprint density at radius 1 is 1.62 bits per heavy atom. The molecule has 0 aromatic rings. The summed E-state index contributed by atoms with van der Waals surface area (Å²) in [7, 11) is 0. The number of likely N-dealkylation sites (tertiary alicyclic amines) is 1. The monoisotopic (exact) mass is 231 g/mol. The molecule has 0 aromatic carbocycles. The van der Waals surface area contributed by atoms with E-state index < -0.39 is 0 Å². The van der Waals surface area contributed by atoms with E-state index in [1.807, 2.05) is 5.59 Å². The van der Waals surface area contributed by atoms with Crippen molar-refractivity contribution >= 4 is 5.97 Å². The third kappa shape index (κ3) is 4.44. The molecule has 0 bridgehead atoms. The van der Waals surface area contributed by atoms with E-state index in [0.717, 1.165) is 25.8 Å². The Balaban J connectivity index is 2.21. The van der Waals surface area contributed by atoms with Crippen molar-refractivity contribution in [2.45, 2.75) is 38.1 Å². The minimum Gasteiger partial charge on any atom is -0.396 e. The number of carbonyl (C=O) groups is 1. The molecule has 94 valence electrons. The average Bonchev–Trinajstić information content (AvgIpc) is 2.71. The number of rotatable bonds is 7. The average molecular weight is 231 g/mol. The third-order valence-electron chi connectivity index (χ3n) is 2.97. The van der Waals surface area contributed by atoms with Crippen molar-refractivity contribution in [3.8, 4) is 0 Å². The van der Waals surface area contributed by atoms with Crippen molar-refractivity contribution in [2.75, 3.05) is 19.7 Å². The zero-order chi connectivity index (χ0) is 11.8. The maximum atomic E-state index is 11.1.